The van der Waals surface area contributed by atoms with Crippen LogP contribution in [0.15, 0.2) is 47.0 Å². The first kappa shape index (κ1) is 19.2. The van der Waals surface area contributed by atoms with Crippen molar-refractivity contribution in [2.45, 2.75) is 6.92 Å². The van der Waals surface area contributed by atoms with Gasteiger partial charge in [-0.3, -0.25) is 0 Å². The van der Waals surface area contributed by atoms with Crippen molar-refractivity contribution in [3.8, 4) is 17.0 Å². The molecule has 27 heavy (non-hydrogen) atoms. The Labute approximate surface area is 164 Å². The van der Waals surface area contributed by atoms with E-state index in [0.29, 0.717) is 10.8 Å². The maximum atomic E-state index is 14.2. The summed E-state index contributed by atoms with van der Waals surface area (Å²) >= 11 is 12.0. The first-order valence-electron chi connectivity index (χ1n) is 7.94. The molecule has 3 aromatic rings. The van der Waals surface area contributed by atoms with E-state index < -0.39 is 11.8 Å². The first-order chi connectivity index (χ1) is 13.0. The summed E-state index contributed by atoms with van der Waals surface area (Å²) in [5.41, 5.74) is -0.0114. The molecule has 0 atom stereocenters. The van der Waals surface area contributed by atoms with E-state index in [1.165, 1.54) is 25.1 Å². The molecule has 1 heterocycles. The zero-order valence-electron chi connectivity index (χ0n) is 14.2. The highest BCUT2D eigenvalue weighted by molar-refractivity contribution is 6.33. The van der Waals surface area contributed by atoms with Crippen molar-refractivity contribution < 1.29 is 23.2 Å². The number of ether oxygens (including phenoxy) is 2. The van der Waals surface area contributed by atoms with Crippen molar-refractivity contribution in [2.75, 3.05) is 13.2 Å². The van der Waals surface area contributed by atoms with E-state index in [4.69, 9.17) is 37.2 Å². The summed E-state index contributed by atoms with van der Waals surface area (Å²) in [4.78, 5) is 12.5. The molecule has 5 nitrogen and oxygen atoms in total. The van der Waals surface area contributed by atoms with Crippen molar-refractivity contribution in [3.63, 3.8) is 0 Å². The van der Waals surface area contributed by atoms with Crippen LogP contribution in [0.3, 0.4) is 0 Å². The molecule has 0 saturated carbocycles. The Hall–Kier alpha value is -2.57. The Bertz CT molecular complexity index is 954. The zero-order valence-corrected chi connectivity index (χ0v) is 15.7. The van der Waals surface area contributed by atoms with Crippen molar-refractivity contribution in [1.29, 1.82) is 0 Å². The normalized spacial score (nSPS) is 10.7. The van der Waals surface area contributed by atoms with Crippen LogP contribution in [0.2, 0.25) is 10.0 Å². The Morgan fingerprint density at radius 3 is 2.59 bits per heavy atom. The second-order valence-electron chi connectivity index (χ2n) is 5.47. The van der Waals surface area contributed by atoms with Crippen LogP contribution in [0.4, 0.5) is 4.39 Å². The van der Waals surface area contributed by atoms with Crippen LogP contribution in [0.1, 0.15) is 16.1 Å². The number of para-hydroxylation sites is 1. The molecule has 0 saturated heterocycles. The van der Waals surface area contributed by atoms with E-state index in [0.717, 1.165) is 0 Å². The number of aryl methyl sites for hydroxylation is 1. The van der Waals surface area contributed by atoms with Gasteiger partial charge in [0.1, 0.15) is 41.8 Å². The standard InChI is InChI=1S/C19H14Cl2FNO4/c1-11-16(18(23-27-11)17-13(21)6-4-7-14(17)22)19(24)26-10-9-25-15-8-3-2-5-12(15)20/h2-8H,9-10H2,1H3. The summed E-state index contributed by atoms with van der Waals surface area (Å²) in [7, 11) is 0. The SMILES string of the molecule is Cc1onc(-c2c(F)cccc2Cl)c1C(=O)OCCOc1ccccc1Cl. The minimum atomic E-state index is -0.717. The van der Waals surface area contributed by atoms with Crippen molar-refractivity contribution in [2.24, 2.45) is 0 Å². The van der Waals surface area contributed by atoms with Crippen LogP contribution >= 0.6 is 23.2 Å². The molecule has 3 rings (SSSR count). The van der Waals surface area contributed by atoms with Gasteiger partial charge in [-0.25, -0.2) is 9.18 Å². The molecule has 0 unspecified atom stereocenters. The third-order valence-corrected chi connectivity index (χ3v) is 4.30. The minimum Gasteiger partial charge on any atom is -0.488 e. The lowest BCUT2D eigenvalue weighted by molar-refractivity contribution is 0.0449. The maximum Gasteiger partial charge on any atom is 0.344 e. The molecule has 0 N–H and O–H groups in total. The van der Waals surface area contributed by atoms with E-state index in [2.05, 4.69) is 5.16 Å². The van der Waals surface area contributed by atoms with Gasteiger partial charge in [0.15, 0.2) is 0 Å². The molecular weight excluding hydrogens is 396 g/mol. The molecule has 140 valence electrons. The molecule has 8 heteroatoms. The number of hydrogen-bond acceptors (Lipinski definition) is 5. The number of aromatic nitrogens is 1. The largest absolute Gasteiger partial charge is 0.488 e. The third kappa shape index (κ3) is 4.23. The fourth-order valence-corrected chi connectivity index (χ4v) is 2.87. The minimum absolute atomic E-state index is 0.00683. The van der Waals surface area contributed by atoms with Crippen LogP contribution in [0.5, 0.6) is 5.75 Å². The van der Waals surface area contributed by atoms with Gasteiger partial charge in [-0.05, 0) is 31.2 Å². The van der Waals surface area contributed by atoms with Gasteiger partial charge in [0.25, 0.3) is 0 Å². The van der Waals surface area contributed by atoms with Crippen LogP contribution in [0, 0.1) is 12.7 Å². The Morgan fingerprint density at radius 1 is 1.11 bits per heavy atom. The van der Waals surface area contributed by atoms with Crippen molar-refractivity contribution >= 4 is 29.2 Å². The van der Waals surface area contributed by atoms with E-state index in [1.807, 2.05) is 0 Å². The molecule has 0 aliphatic heterocycles. The molecule has 1 aromatic heterocycles. The van der Waals surface area contributed by atoms with Gasteiger partial charge in [0.05, 0.1) is 15.6 Å². The van der Waals surface area contributed by atoms with E-state index >= 15 is 0 Å². The highest BCUT2D eigenvalue weighted by atomic mass is 35.5. The Kier molecular flexibility index (Phi) is 5.98. The lowest BCUT2D eigenvalue weighted by Crippen LogP contribution is -2.13. The number of halogens is 3. The number of esters is 1. The smallest absolute Gasteiger partial charge is 0.344 e. The maximum absolute atomic E-state index is 14.2. The molecule has 0 aliphatic rings. The predicted molar refractivity (Wildman–Crippen MR) is 98.9 cm³/mol. The second kappa shape index (κ2) is 8.41. The van der Waals surface area contributed by atoms with E-state index in [-0.39, 0.29) is 40.8 Å². The van der Waals surface area contributed by atoms with Crippen molar-refractivity contribution in [1.82, 2.24) is 5.16 Å². The fraction of sp³-hybridized carbons (Fsp3) is 0.158. The van der Waals surface area contributed by atoms with E-state index in [1.54, 1.807) is 24.3 Å². The van der Waals surface area contributed by atoms with Gasteiger partial charge in [-0.15, -0.1) is 0 Å². The number of rotatable bonds is 6. The molecule has 0 aliphatic carbocycles. The monoisotopic (exact) mass is 409 g/mol. The summed E-state index contributed by atoms with van der Waals surface area (Å²) in [5.74, 6) is -0.658. The number of carbonyl (C=O) groups is 1. The zero-order chi connectivity index (χ0) is 19.4. The Morgan fingerprint density at radius 2 is 1.85 bits per heavy atom. The topological polar surface area (TPSA) is 61.6 Å². The summed E-state index contributed by atoms with van der Waals surface area (Å²) < 4.78 is 29.9. The van der Waals surface area contributed by atoms with Gasteiger partial charge in [0.2, 0.25) is 0 Å². The third-order valence-electron chi connectivity index (χ3n) is 3.68. The molecule has 0 amide bonds. The summed E-state index contributed by atoms with van der Waals surface area (Å²) in [6.45, 7) is 1.58. The molecular formula is C19H14Cl2FNO4. The van der Waals surface area contributed by atoms with Gasteiger partial charge in [-0.2, -0.15) is 0 Å². The summed E-state index contributed by atoms with van der Waals surface area (Å²) in [5, 5.41) is 4.33. The average Bonchev–Trinajstić information content (AvgIpc) is 3.01. The molecule has 2 aromatic carbocycles. The number of hydrogen-bond donors (Lipinski definition) is 0. The lowest BCUT2D eigenvalue weighted by Gasteiger charge is -2.09. The van der Waals surface area contributed by atoms with E-state index in [9.17, 15) is 9.18 Å². The highest BCUT2D eigenvalue weighted by Gasteiger charge is 2.26. The van der Waals surface area contributed by atoms with Crippen LogP contribution in [-0.2, 0) is 4.74 Å². The van der Waals surface area contributed by atoms with Gasteiger partial charge in [-0.1, -0.05) is 46.6 Å². The molecule has 0 spiro atoms. The fourth-order valence-electron chi connectivity index (χ4n) is 2.43. The summed E-state index contributed by atoms with van der Waals surface area (Å²) in [6.07, 6.45) is 0. The quantitative estimate of drug-likeness (QED) is 0.406. The number of carbonyl (C=O) groups excluding carboxylic acids is 1. The van der Waals surface area contributed by atoms with Crippen molar-refractivity contribution in [3.05, 3.63) is 69.7 Å². The first-order valence-corrected chi connectivity index (χ1v) is 8.69. The molecule has 0 fully saturated rings. The highest BCUT2D eigenvalue weighted by Crippen LogP contribution is 2.33. The molecule has 0 bridgehead atoms. The predicted octanol–water partition coefficient (Wildman–Crippen LogP) is 5.33. The second-order valence-corrected chi connectivity index (χ2v) is 6.29. The Balaban J connectivity index is 1.71. The van der Waals surface area contributed by atoms with Gasteiger partial charge >= 0.3 is 5.97 Å². The number of nitrogens with zero attached hydrogens (tertiary/aromatic N) is 1. The van der Waals surface area contributed by atoms with Gasteiger partial charge < -0.3 is 14.0 Å². The molecule has 0 radical (unpaired) electrons. The van der Waals surface area contributed by atoms with Crippen LogP contribution in [-0.4, -0.2) is 24.3 Å². The van der Waals surface area contributed by atoms with Gasteiger partial charge in [0, 0.05) is 0 Å². The number of benzene rings is 2. The lowest BCUT2D eigenvalue weighted by atomic mass is 10.1. The van der Waals surface area contributed by atoms with Crippen LogP contribution in [0.25, 0.3) is 11.3 Å². The van der Waals surface area contributed by atoms with Crippen LogP contribution < -0.4 is 4.74 Å². The average molecular weight is 410 g/mol. The summed E-state index contributed by atoms with van der Waals surface area (Å²) in [6, 6.07) is 11.1.